The quantitative estimate of drug-likeness (QED) is 0.866. The molecule has 0 atom stereocenters. The molecule has 2 heterocycles. The zero-order valence-corrected chi connectivity index (χ0v) is 9.53. The van der Waals surface area contributed by atoms with E-state index in [-0.39, 0.29) is 11.7 Å². The monoisotopic (exact) mass is 232 g/mol. The Bertz CT molecular complexity index is 534. The molecule has 2 aromatic rings. The Balaban J connectivity index is 2.56. The Morgan fingerprint density at radius 1 is 1.41 bits per heavy atom. The summed E-state index contributed by atoms with van der Waals surface area (Å²) in [7, 11) is 0. The van der Waals surface area contributed by atoms with Crippen molar-refractivity contribution in [2.75, 3.05) is 0 Å². The van der Waals surface area contributed by atoms with E-state index in [1.165, 1.54) is 4.68 Å². The van der Waals surface area contributed by atoms with Gasteiger partial charge in [-0.15, -0.1) is 0 Å². The first-order chi connectivity index (χ1) is 8.08. The van der Waals surface area contributed by atoms with Gasteiger partial charge in [-0.3, -0.25) is 0 Å². The smallest absolute Gasteiger partial charge is 0.374 e. The molecule has 0 spiro atoms. The molecule has 0 bridgehead atoms. The molecule has 17 heavy (non-hydrogen) atoms. The molecule has 0 radical (unpaired) electrons. The number of carboxylic acids is 1. The van der Waals surface area contributed by atoms with Gasteiger partial charge >= 0.3 is 5.97 Å². The van der Waals surface area contributed by atoms with E-state index in [2.05, 4.69) is 15.1 Å². The lowest BCUT2D eigenvalue weighted by Gasteiger charge is -2.08. The summed E-state index contributed by atoms with van der Waals surface area (Å²) in [5, 5.41) is 13.0. The number of hydrogen-bond acceptors (Lipinski definition) is 4. The van der Waals surface area contributed by atoms with Crippen LogP contribution >= 0.6 is 0 Å². The van der Waals surface area contributed by atoms with E-state index in [1.807, 2.05) is 13.8 Å². The molecule has 0 aromatic carbocycles. The van der Waals surface area contributed by atoms with Gasteiger partial charge < -0.3 is 5.11 Å². The van der Waals surface area contributed by atoms with Crippen molar-refractivity contribution >= 4 is 5.97 Å². The first kappa shape index (κ1) is 11.3. The van der Waals surface area contributed by atoms with Crippen LogP contribution < -0.4 is 0 Å². The summed E-state index contributed by atoms with van der Waals surface area (Å²) in [6, 6.07) is 3.49. The first-order valence-corrected chi connectivity index (χ1v) is 5.20. The van der Waals surface area contributed by atoms with Gasteiger partial charge in [0.2, 0.25) is 5.82 Å². The molecular formula is C11H12N4O2. The van der Waals surface area contributed by atoms with Gasteiger partial charge in [0.25, 0.3) is 0 Å². The van der Waals surface area contributed by atoms with Gasteiger partial charge in [-0.2, -0.15) is 5.10 Å². The third-order valence-corrected chi connectivity index (χ3v) is 2.25. The molecule has 0 amide bonds. The van der Waals surface area contributed by atoms with Crippen LogP contribution in [0.3, 0.4) is 0 Å². The third kappa shape index (κ3) is 2.30. The summed E-state index contributed by atoms with van der Waals surface area (Å²) in [4.78, 5) is 18.9. The van der Waals surface area contributed by atoms with Crippen molar-refractivity contribution in [1.82, 2.24) is 19.7 Å². The highest BCUT2D eigenvalue weighted by Crippen LogP contribution is 2.14. The number of aromatic carboxylic acids is 1. The second kappa shape index (κ2) is 4.32. The summed E-state index contributed by atoms with van der Waals surface area (Å²) in [5.74, 6) is -0.751. The fourth-order valence-electron chi connectivity index (χ4n) is 1.37. The zero-order valence-electron chi connectivity index (χ0n) is 9.53. The lowest BCUT2D eigenvalue weighted by atomic mass is 10.1. The Hall–Kier alpha value is -2.24. The molecule has 0 aliphatic rings. The highest BCUT2D eigenvalue weighted by molar-refractivity contribution is 5.83. The second-order valence-corrected chi connectivity index (χ2v) is 3.89. The molecule has 6 nitrogen and oxygen atoms in total. The zero-order chi connectivity index (χ0) is 12.4. The minimum atomic E-state index is -1.14. The van der Waals surface area contributed by atoms with Crippen LogP contribution in [0.4, 0.5) is 0 Å². The van der Waals surface area contributed by atoms with Crippen LogP contribution in [0.25, 0.3) is 5.82 Å². The van der Waals surface area contributed by atoms with Crippen molar-refractivity contribution in [3.63, 3.8) is 0 Å². The van der Waals surface area contributed by atoms with Crippen LogP contribution in [0.5, 0.6) is 0 Å². The van der Waals surface area contributed by atoms with E-state index in [1.54, 1.807) is 24.5 Å². The van der Waals surface area contributed by atoms with Crippen molar-refractivity contribution in [1.29, 1.82) is 0 Å². The van der Waals surface area contributed by atoms with Gasteiger partial charge in [0.1, 0.15) is 0 Å². The van der Waals surface area contributed by atoms with Crippen molar-refractivity contribution < 1.29 is 9.90 Å². The Morgan fingerprint density at radius 3 is 2.71 bits per heavy atom. The number of nitrogens with zero attached hydrogens (tertiary/aromatic N) is 4. The lowest BCUT2D eigenvalue weighted by Crippen LogP contribution is -2.11. The van der Waals surface area contributed by atoms with E-state index in [4.69, 9.17) is 5.11 Å². The second-order valence-electron chi connectivity index (χ2n) is 3.89. The van der Waals surface area contributed by atoms with Crippen LogP contribution in [-0.2, 0) is 0 Å². The number of carbonyl (C=O) groups is 1. The molecule has 0 aliphatic heterocycles. The molecule has 0 saturated carbocycles. The van der Waals surface area contributed by atoms with Gasteiger partial charge in [0.05, 0.1) is 0 Å². The largest absolute Gasteiger partial charge is 0.475 e. The van der Waals surface area contributed by atoms with Crippen molar-refractivity contribution in [3.05, 3.63) is 36.0 Å². The maximum atomic E-state index is 10.9. The fraction of sp³-hybridized carbons (Fsp3) is 0.273. The minimum absolute atomic E-state index is 0.130. The number of hydrogen-bond donors (Lipinski definition) is 1. The Labute approximate surface area is 98.0 Å². The summed E-state index contributed by atoms with van der Waals surface area (Å²) < 4.78 is 1.51. The molecule has 2 aromatic heterocycles. The lowest BCUT2D eigenvalue weighted by molar-refractivity contribution is 0.0683. The molecule has 0 fully saturated rings. The van der Waals surface area contributed by atoms with Crippen LogP contribution in [0.1, 0.15) is 36.1 Å². The molecule has 0 aliphatic carbocycles. The van der Waals surface area contributed by atoms with Gasteiger partial charge in [-0.1, -0.05) is 13.8 Å². The number of carboxylic acid groups (broad SMARTS) is 1. The topological polar surface area (TPSA) is 80.9 Å². The van der Waals surface area contributed by atoms with Crippen LogP contribution in [-0.4, -0.2) is 30.8 Å². The van der Waals surface area contributed by atoms with E-state index >= 15 is 0 Å². The average molecular weight is 232 g/mol. The fourth-order valence-corrected chi connectivity index (χ4v) is 1.37. The normalized spacial score (nSPS) is 10.8. The number of aromatic nitrogens is 4. The van der Waals surface area contributed by atoms with Gasteiger partial charge in [-0.25, -0.2) is 19.4 Å². The predicted molar refractivity (Wildman–Crippen MR) is 60.2 cm³/mol. The van der Waals surface area contributed by atoms with E-state index in [9.17, 15) is 4.79 Å². The first-order valence-electron chi connectivity index (χ1n) is 5.20. The van der Waals surface area contributed by atoms with Crippen LogP contribution in [0.15, 0.2) is 24.5 Å². The van der Waals surface area contributed by atoms with Crippen molar-refractivity contribution in [2.24, 2.45) is 0 Å². The summed E-state index contributed by atoms with van der Waals surface area (Å²) in [5.41, 5.74) is 0.683. The number of rotatable bonds is 3. The standard InChI is InChI=1S/C11H12N4O2/c1-7(2)8-6-9(15-5-3-4-12-15)14-10(13-8)11(16)17/h3-7H,1-2H3,(H,16,17). The Morgan fingerprint density at radius 2 is 2.18 bits per heavy atom. The van der Waals surface area contributed by atoms with Crippen LogP contribution in [0.2, 0.25) is 0 Å². The highest BCUT2D eigenvalue weighted by atomic mass is 16.4. The molecule has 2 rings (SSSR count). The predicted octanol–water partition coefficient (Wildman–Crippen LogP) is 1.48. The van der Waals surface area contributed by atoms with E-state index in [0.717, 1.165) is 0 Å². The average Bonchev–Trinajstić information content (AvgIpc) is 2.81. The summed E-state index contributed by atoms with van der Waals surface area (Å²) in [6.07, 6.45) is 3.32. The van der Waals surface area contributed by atoms with Crippen molar-refractivity contribution in [2.45, 2.75) is 19.8 Å². The molecule has 1 N–H and O–H groups in total. The highest BCUT2D eigenvalue weighted by Gasteiger charge is 2.13. The Kier molecular flexibility index (Phi) is 2.86. The summed E-state index contributed by atoms with van der Waals surface area (Å²) in [6.45, 7) is 3.89. The van der Waals surface area contributed by atoms with E-state index in [0.29, 0.717) is 11.5 Å². The maximum absolute atomic E-state index is 10.9. The van der Waals surface area contributed by atoms with E-state index < -0.39 is 5.97 Å². The molecule has 6 heteroatoms. The third-order valence-electron chi connectivity index (χ3n) is 2.25. The molecule has 0 unspecified atom stereocenters. The van der Waals surface area contributed by atoms with Crippen LogP contribution in [0, 0.1) is 0 Å². The SMILES string of the molecule is CC(C)c1cc(-n2cccn2)nc(C(=O)O)n1. The molecule has 0 saturated heterocycles. The molecule has 88 valence electrons. The summed E-state index contributed by atoms with van der Waals surface area (Å²) >= 11 is 0. The molecular weight excluding hydrogens is 220 g/mol. The maximum Gasteiger partial charge on any atom is 0.374 e. The van der Waals surface area contributed by atoms with Gasteiger partial charge in [0.15, 0.2) is 5.82 Å². The van der Waals surface area contributed by atoms with Gasteiger partial charge in [0, 0.05) is 24.2 Å². The minimum Gasteiger partial charge on any atom is -0.475 e. The van der Waals surface area contributed by atoms with Crippen molar-refractivity contribution in [3.8, 4) is 5.82 Å². The van der Waals surface area contributed by atoms with Gasteiger partial charge in [-0.05, 0) is 12.0 Å².